The highest BCUT2D eigenvalue weighted by molar-refractivity contribution is 7.90. The van der Waals surface area contributed by atoms with Crippen LogP contribution >= 0.6 is 0 Å². The maximum Gasteiger partial charge on any atom is 0.179 e. The van der Waals surface area contributed by atoms with Crippen molar-refractivity contribution in [3.63, 3.8) is 0 Å². The van der Waals surface area contributed by atoms with E-state index in [9.17, 15) is 8.42 Å². The molecule has 1 heterocycles. The highest BCUT2D eigenvalue weighted by Gasteiger charge is 2.13. The number of rotatable bonds is 6. The fourth-order valence-electron chi connectivity index (χ4n) is 1.42. The van der Waals surface area contributed by atoms with Crippen LogP contribution in [0.25, 0.3) is 0 Å². The minimum atomic E-state index is -3.22. The van der Waals surface area contributed by atoms with E-state index in [1.54, 1.807) is 18.3 Å². The molecule has 0 aliphatic rings. The van der Waals surface area contributed by atoms with Gasteiger partial charge in [0.25, 0.3) is 0 Å². The molecule has 6 heteroatoms. The quantitative estimate of drug-likeness (QED) is 0.765. The number of nitrogens with zero attached hydrogens (tertiary/aromatic N) is 2. The molecule has 0 aromatic carbocycles. The first-order valence-corrected chi connectivity index (χ1v) is 7.34. The second kappa shape index (κ2) is 5.97. The third-order valence-corrected chi connectivity index (χ3v) is 3.37. The predicted molar refractivity (Wildman–Crippen MR) is 69.0 cm³/mol. The van der Waals surface area contributed by atoms with E-state index in [1.807, 2.05) is 14.1 Å². The van der Waals surface area contributed by atoms with Crippen molar-refractivity contribution in [1.82, 2.24) is 9.88 Å². The van der Waals surface area contributed by atoms with E-state index < -0.39 is 9.84 Å². The number of pyridine rings is 1. The lowest BCUT2D eigenvalue weighted by molar-refractivity contribution is 0.405. The van der Waals surface area contributed by atoms with Crippen molar-refractivity contribution >= 4 is 15.7 Å². The Morgan fingerprint density at radius 1 is 1.41 bits per heavy atom. The van der Waals surface area contributed by atoms with Crippen LogP contribution in [0, 0.1) is 0 Å². The molecule has 0 saturated heterocycles. The minimum absolute atomic E-state index is 0.254. The van der Waals surface area contributed by atoms with Gasteiger partial charge in [0, 0.05) is 19.0 Å². The zero-order chi connectivity index (χ0) is 12.9. The van der Waals surface area contributed by atoms with Crippen LogP contribution in [-0.2, 0) is 9.84 Å². The molecule has 0 amide bonds. The third-order valence-electron chi connectivity index (χ3n) is 2.24. The minimum Gasteiger partial charge on any atom is -0.369 e. The van der Waals surface area contributed by atoms with E-state index in [4.69, 9.17) is 0 Å². The van der Waals surface area contributed by atoms with Gasteiger partial charge in [-0.3, -0.25) is 0 Å². The summed E-state index contributed by atoms with van der Waals surface area (Å²) in [5.74, 6) is 0.439. The molecule has 1 rings (SSSR count). The molecule has 0 bridgehead atoms. The number of nitrogens with one attached hydrogen (secondary N) is 1. The van der Waals surface area contributed by atoms with E-state index in [2.05, 4.69) is 15.2 Å². The maximum atomic E-state index is 11.5. The molecule has 0 radical (unpaired) electrons. The largest absolute Gasteiger partial charge is 0.369 e. The monoisotopic (exact) mass is 257 g/mol. The Balaban J connectivity index is 2.65. The fourth-order valence-corrected chi connectivity index (χ4v) is 2.23. The summed E-state index contributed by atoms with van der Waals surface area (Å²) in [6.07, 6.45) is 3.71. The molecule has 0 fully saturated rings. The van der Waals surface area contributed by atoms with Crippen molar-refractivity contribution in [3.8, 4) is 0 Å². The highest BCUT2D eigenvalue weighted by atomic mass is 32.2. The number of hydrogen-bond donors (Lipinski definition) is 1. The zero-order valence-corrected chi connectivity index (χ0v) is 11.3. The summed E-state index contributed by atoms with van der Waals surface area (Å²) in [5, 5.41) is 3.06. The van der Waals surface area contributed by atoms with Gasteiger partial charge in [-0.05, 0) is 39.2 Å². The molecule has 96 valence electrons. The van der Waals surface area contributed by atoms with Gasteiger partial charge in [0.15, 0.2) is 9.84 Å². The maximum absolute atomic E-state index is 11.5. The molecule has 0 atom stereocenters. The Morgan fingerprint density at radius 3 is 2.71 bits per heavy atom. The first-order chi connectivity index (χ1) is 7.91. The van der Waals surface area contributed by atoms with Crippen molar-refractivity contribution in [3.05, 3.63) is 18.3 Å². The normalized spacial score (nSPS) is 11.8. The summed E-state index contributed by atoms with van der Waals surface area (Å²) in [4.78, 5) is 6.39. The summed E-state index contributed by atoms with van der Waals surface area (Å²) in [6.45, 7) is 1.66. The molecule has 0 spiro atoms. The zero-order valence-electron chi connectivity index (χ0n) is 10.5. The van der Waals surface area contributed by atoms with Gasteiger partial charge in [0.2, 0.25) is 0 Å². The van der Waals surface area contributed by atoms with Crippen LogP contribution in [0.4, 0.5) is 5.82 Å². The lowest BCUT2D eigenvalue weighted by Crippen LogP contribution is -2.17. The highest BCUT2D eigenvalue weighted by Crippen LogP contribution is 2.17. The van der Waals surface area contributed by atoms with Gasteiger partial charge < -0.3 is 10.2 Å². The van der Waals surface area contributed by atoms with Gasteiger partial charge >= 0.3 is 0 Å². The molecule has 5 nitrogen and oxygen atoms in total. The first kappa shape index (κ1) is 13.9. The Hall–Kier alpha value is -1.14. The predicted octanol–water partition coefficient (Wildman–Crippen LogP) is 0.849. The van der Waals surface area contributed by atoms with Crippen molar-refractivity contribution < 1.29 is 8.42 Å². The molecular weight excluding hydrogens is 238 g/mol. The van der Waals surface area contributed by atoms with Crippen LogP contribution in [0.3, 0.4) is 0 Å². The van der Waals surface area contributed by atoms with Gasteiger partial charge in [0.1, 0.15) is 10.7 Å². The van der Waals surface area contributed by atoms with Gasteiger partial charge in [0.05, 0.1) is 0 Å². The van der Waals surface area contributed by atoms with E-state index in [0.717, 1.165) is 13.0 Å². The molecule has 17 heavy (non-hydrogen) atoms. The first-order valence-electron chi connectivity index (χ1n) is 5.45. The molecule has 0 aliphatic heterocycles. The average Bonchev–Trinajstić information content (AvgIpc) is 2.23. The topological polar surface area (TPSA) is 62.3 Å². The summed E-state index contributed by atoms with van der Waals surface area (Å²) in [7, 11) is 0.783. The molecule has 1 N–H and O–H groups in total. The second-order valence-corrected chi connectivity index (χ2v) is 6.19. The second-order valence-electron chi connectivity index (χ2n) is 4.21. The van der Waals surface area contributed by atoms with Crippen molar-refractivity contribution in [2.24, 2.45) is 0 Å². The van der Waals surface area contributed by atoms with E-state index >= 15 is 0 Å². The van der Waals surface area contributed by atoms with Crippen LogP contribution in [-0.4, -0.2) is 51.7 Å². The number of sulfone groups is 1. The Bertz CT molecular complexity index is 458. The Labute approximate surface area is 103 Å². The SMILES string of the molecule is CN(C)CCCNc1ncccc1S(C)(=O)=O. The summed E-state index contributed by atoms with van der Waals surface area (Å²) in [6, 6.07) is 3.19. The van der Waals surface area contributed by atoms with Gasteiger partial charge in [-0.2, -0.15) is 0 Å². The standard InChI is InChI=1S/C11H19N3O2S/c1-14(2)9-5-8-13-11-10(17(3,15)16)6-4-7-12-11/h4,6-7H,5,8-9H2,1-3H3,(H,12,13). The molecule has 0 aliphatic carbocycles. The summed E-state index contributed by atoms with van der Waals surface area (Å²) < 4.78 is 23.0. The van der Waals surface area contributed by atoms with Crippen LogP contribution in [0.15, 0.2) is 23.2 Å². The van der Waals surface area contributed by atoms with Crippen LogP contribution in [0.5, 0.6) is 0 Å². The molecule has 0 unspecified atom stereocenters. The third kappa shape index (κ3) is 4.70. The lowest BCUT2D eigenvalue weighted by atomic mass is 10.4. The number of hydrogen-bond acceptors (Lipinski definition) is 5. The van der Waals surface area contributed by atoms with E-state index in [1.165, 1.54) is 6.26 Å². The molecule has 1 aromatic rings. The molecule has 0 saturated carbocycles. The van der Waals surface area contributed by atoms with E-state index in [0.29, 0.717) is 12.4 Å². The van der Waals surface area contributed by atoms with Crippen LogP contribution in [0.1, 0.15) is 6.42 Å². The van der Waals surface area contributed by atoms with E-state index in [-0.39, 0.29) is 4.90 Å². The Kier molecular flexibility index (Phi) is 4.89. The van der Waals surface area contributed by atoms with Crippen LogP contribution < -0.4 is 5.32 Å². The van der Waals surface area contributed by atoms with Gasteiger partial charge in [-0.25, -0.2) is 13.4 Å². The number of aromatic nitrogens is 1. The van der Waals surface area contributed by atoms with Gasteiger partial charge in [-0.15, -0.1) is 0 Å². The van der Waals surface area contributed by atoms with Crippen molar-refractivity contribution in [1.29, 1.82) is 0 Å². The van der Waals surface area contributed by atoms with Crippen molar-refractivity contribution in [2.75, 3.05) is 38.8 Å². The molecule has 1 aromatic heterocycles. The smallest absolute Gasteiger partial charge is 0.179 e. The lowest BCUT2D eigenvalue weighted by Gasteiger charge is -2.11. The fraction of sp³-hybridized carbons (Fsp3) is 0.545. The summed E-state index contributed by atoms with van der Waals surface area (Å²) >= 11 is 0. The number of anilines is 1. The Morgan fingerprint density at radius 2 is 2.12 bits per heavy atom. The summed E-state index contributed by atoms with van der Waals surface area (Å²) in [5.41, 5.74) is 0. The van der Waals surface area contributed by atoms with Gasteiger partial charge in [-0.1, -0.05) is 0 Å². The van der Waals surface area contributed by atoms with Crippen molar-refractivity contribution in [2.45, 2.75) is 11.3 Å². The average molecular weight is 257 g/mol. The van der Waals surface area contributed by atoms with Crippen LogP contribution in [0.2, 0.25) is 0 Å². The molecular formula is C11H19N3O2S.